The molecule has 0 radical (unpaired) electrons. The predicted molar refractivity (Wildman–Crippen MR) is 51.8 cm³/mol. The van der Waals surface area contributed by atoms with Gasteiger partial charge in [-0.2, -0.15) is 13.2 Å². The third kappa shape index (κ3) is 3.15. The van der Waals surface area contributed by atoms with Crippen LogP contribution in [-0.4, -0.2) is 11.7 Å². The molecule has 0 heterocycles. The van der Waals surface area contributed by atoms with Crippen LogP contribution in [0.25, 0.3) is 0 Å². The van der Waals surface area contributed by atoms with Gasteiger partial charge < -0.3 is 5.11 Å². The molecule has 0 bridgehead atoms. The van der Waals surface area contributed by atoms with Crippen molar-refractivity contribution >= 4 is 0 Å². The van der Waals surface area contributed by atoms with Crippen LogP contribution in [0.2, 0.25) is 0 Å². The Hall–Kier alpha value is -1.17. The van der Waals surface area contributed by atoms with Crippen molar-refractivity contribution in [2.24, 2.45) is 0 Å². The number of aryl methyl sites for hydroxylation is 1. The molecule has 96 valence electrons. The summed E-state index contributed by atoms with van der Waals surface area (Å²) in [6.07, 6.45) is -5.55. The fourth-order valence-corrected chi connectivity index (χ4v) is 1.44. The topological polar surface area (TPSA) is 20.2 Å². The summed E-state index contributed by atoms with van der Waals surface area (Å²) >= 11 is 0. The Morgan fingerprint density at radius 1 is 1.12 bits per heavy atom. The summed E-state index contributed by atoms with van der Waals surface area (Å²) in [6, 6.07) is 2.38. The molecule has 0 amide bonds. The van der Waals surface area contributed by atoms with Crippen LogP contribution in [0.15, 0.2) is 18.2 Å². The Labute approximate surface area is 94.9 Å². The molecule has 17 heavy (non-hydrogen) atoms. The van der Waals surface area contributed by atoms with Crippen molar-refractivity contribution in [2.75, 3.05) is 6.61 Å². The molecule has 6 heteroatoms. The van der Waals surface area contributed by atoms with Crippen LogP contribution in [0.3, 0.4) is 0 Å². The standard InChI is InChI=1S/C11H11F5O/c1-7-2-3-8(10(12,13)4-5-17)6-9(7)11(14,15)16/h2-3,6,17H,4-5H2,1H3. The van der Waals surface area contributed by atoms with Gasteiger partial charge in [-0.05, 0) is 18.6 Å². The van der Waals surface area contributed by atoms with Gasteiger partial charge in [0.05, 0.1) is 5.56 Å². The minimum Gasteiger partial charge on any atom is -0.396 e. The molecule has 1 rings (SSSR count). The van der Waals surface area contributed by atoms with E-state index in [2.05, 4.69) is 0 Å². The second-order valence-electron chi connectivity index (χ2n) is 3.71. The van der Waals surface area contributed by atoms with Gasteiger partial charge in [-0.1, -0.05) is 12.1 Å². The molecule has 0 saturated carbocycles. The molecule has 0 unspecified atom stereocenters. The highest BCUT2D eigenvalue weighted by atomic mass is 19.4. The number of hydrogen-bond acceptors (Lipinski definition) is 1. The second-order valence-corrected chi connectivity index (χ2v) is 3.71. The van der Waals surface area contributed by atoms with Crippen molar-refractivity contribution in [3.05, 3.63) is 34.9 Å². The third-order valence-electron chi connectivity index (χ3n) is 2.39. The van der Waals surface area contributed by atoms with E-state index in [-0.39, 0.29) is 5.56 Å². The lowest BCUT2D eigenvalue weighted by atomic mass is 9.99. The quantitative estimate of drug-likeness (QED) is 0.818. The van der Waals surface area contributed by atoms with Crippen molar-refractivity contribution in [3.8, 4) is 0 Å². The molecule has 0 saturated heterocycles. The lowest BCUT2D eigenvalue weighted by Crippen LogP contribution is -2.17. The first-order chi connectivity index (χ1) is 7.68. The summed E-state index contributed by atoms with van der Waals surface area (Å²) in [6.45, 7) is 0.416. The fourth-order valence-electron chi connectivity index (χ4n) is 1.44. The zero-order valence-electron chi connectivity index (χ0n) is 8.98. The molecule has 0 atom stereocenters. The predicted octanol–water partition coefficient (Wildman–Crippen LogP) is 3.49. The molecular formula is C11H11F5O. The maximum Gasteiger partial charge on any atom is 0.416 e. The SMILES string of the molecule is Cc1ccc(C(F)(F)CCO)cc1C(F)(F)F. The average molecular weight is 254 g/mol. The normalized spacial score (nSPS) is 12.9. The molecule has 1 aromatic rings. The van der Waals surface area contributed by atoms with Gasteiger partial charge in [0.25, 0.3) is 5.92 Å². The van der Waals surface area contributed by atoms with Crippen molar-refractivity contribution in [3.63, 3.8) is 0 Å². The van der Waals surface area contributed by atoms with Crippen LogP contribution in [-0.2, 0) is 12.1 Å². The zero-order valence-corrected chi connectivity index (χ0v) is 8.98. The molecule has 0 aliphatic carbocycles. The highest BCUT2D eigenvalue weighted by Gasteiger charge is 2.36. The Bertz CT molecular complexity index is 397. The largest absolute Gasteiger partial charge is 0.416 e. The number of halogens is 5. The summed E-state index contributed by atoms with van der Waals surface area (Å²) in [5.74, 6) is -3.46. The molecular weight excluding hydrogens is 243 g/mol. The highest BCUT2D eigenvalue weighted by molar-refractivity contribution is 5.35. The molecule has 0 aliphatic rings. The third-order valence-corrected chi connectivity index (χ3v) is 2.39. The van der Waals surface area contributed by atoms with Crippen molar-refractivity contribution in [2.45, 2.75) is 25.4 Å². The van der Waals surface area contributed by atoms with E-state index >= 15 is 0 Å². The van der Waals surface area contributed by atoms with Crippen LogP contribution in [0, 0.1) is 6.92 Å². The molecule has 1 aromatic carbocycles. The molecule has 1 nitrogen and oxygen atoms in total. The van der Waals surface area contributed by atoms with Gasteiger partial charge in [-0.3, -0.25) is 0 Å². The van der Waals surface area contributed by atoms with Gasteiger partial charge in [0.1, 0.15) is 0 Å². The number of alkyl halides is 5. The number of hydrogen-bond donors (Lipinski definition) is 1. The van der Waals surface area contributed by atoms with Gasteiger partial charge in [0, 0.05) is 18.6 Å². The minimum atomic E-state index is -4.66. The van der Waals surface area contributed by atoms with E-state index in [1.807, 2.05) is 0 Å². The van der Waals surface area contributed by atoms with Gasteiger partial charge in [-0.15, -0.1) is 0 Å². The number of benzene rings is 1. The molecule has 0 aromatic heterocycles. The summed E-state index contributed by atoms with van der Waals surface area (Å²) < 4.78 is 64.2. The monoisotopic (exact) mass is 254 g/mol. The Kier molecular flexibility index (Phi) is 3.76. The number of rotatable bonds is 3. The van der Waals surface area contributed by atoms with E-state index in [1.165, 1.54) is 6.92 Å². The van der Waals surface area contributed by atoms with Gasteiger partial charge in [0.15, 0.2) is 0 Å². The lowest BCUT2D eigenvalue weighted by Gasteiger charge is -2.18. The number of aliphatic hydroxyl groups is 1. The molecule has 0 spiro atoms. The van der Waals surface area contributed by atoms with Crippen LogP contribution < -0.4 is 0 Å². The second kappa shape index (κ2) is 4.60. The van der Waals surface area contributed by atoms with Gasteiger partial charge in [-0.25, -0.2) is 8.78 Å². The summed E-state index contributed by atoms with van der Waals surface area (Å²) in [7, 11) is 0. The fraction of sp³-hybridized carbons (Fsp3) is 0.455. The summed E-state index contributed by atoms with van der Waals surface area (Å²) in [5, 5.41) is 8.44. The molecule has 0 fully saturated rings. The Morgan fingerprint density at radius 3 is 2.18 bits per heavy atom. The van der Waals surface area contributed by atoms with E-state index in [9.17, 15) is 22.0 Å². The first-order valence-electron chi connectivity index (χ1n) is 4.85. The van der Waals surface area contributed by atoms with E-state index in [1.54, 1.807) is 0 Å². The highest BCUT2D eigenvalue weighted by Crippen LogP contribution is 2.37. The maximum absolute atomic E-state index is 13.3. The first-order valence-corrected chi connectivity index (χ1v) is 4.85. The van der Waals surface area contributed by atoms with E-state index in [0.717, 1.165) is 12.1 Å². The van der Waals surface area contributed by atoms with Crippen LogP contribution in [0.5, 0.6) is 0 Å². The van der Waals surface area contributed by atoms with Gasteiger partial charge in [0.2, 0.25) is 0 Å². The van der Waals surface area contributed by atoms with Crippen molar-refractivity contribution in [1.82, 2.24) is 0 Å². The number of aliphatic hydroxyl groups excluding tert-OH is 1. The van der Waals surface area contributed by atoms with E-state index < -0.39 is 36.3 Å². The van der Waals surface area contributed by atoms with Gasteiger partial charge >= 0.3 is 6.18 Å². The van der Waals surface area contributed by atoms with Crippen molar-refractivity contribution in [1.29, 1.82) is 0 Å². The summed E-state index contributed by atoms with van der Waals surface area (Å²) in [5.41, 5.74) is -1.92. The summed E-state index contributed by atoms with van der Waals surface area (Å²) in [4.78, 5) is 0. The zero-order chi connectivity index (χ0) is 13.3. The van der Waals surface area contributed by atoms with Crippen molar-refractivity contribution < 1.29 is 27.1 Å². The maximum atomic E-state index is 13.3. The van der Waals surface area contributed by atoms with Crippen LogP contribution >= 0.6 is 0 Å². The molecule has 0 aliphatic heterocycles. The lowest BCUT2D eigenvalue weighted by molar-refractivity contribution is -0.138. The average Bonchev–Trinajstić information content (AvgIpc) is 2.15. The Morgan fingerprint density at radius 2 is 1.71 bits per heavy atom. The van der Waals surface area contributed by atoms with E-state index in [0.29, 0.717) is 6.07 Å². The van der Waals surface area contributed by atoms with Crippen LogP contribution in [0.1, 0.15) is 23.1 Å². The Balaban J connectivity index is 3.22. The first kappa shape index (κ1) is 13.9. The van der Waals surface area contributed by atoms with E-state index in [4.69, 9.17) is 5.11 Å². The molecule has 1 N–H and O–H groups in total. The minimum absolute atomic E-state index is 0.110. The smallest absolute Gasteiger partial charge is 0.396 e. The van der Waals surface area contributed by atoms with Crippen LogP contribution in [0.4, 0.5) is 22.0 Å².